The van der Waals surface area contributed by atoms with E-state index in [0.29, 0.717) is 17.0 Å². The molecule has 0 aliphatic rings. The molecule has 9 heteroatoms. The van der Waals surface area contributed by atoms with Crippen molar-refractivity contribution >= 4 is 15.9 Å². The molecule has 0 radical (unpaired) electrons. The molecule has 0 saturated heterocycles. The first-order valence-electron chi connectivity index (χ1n) is 8.03. The summed E-state index contributed by atoms with van der Waals surface area (Å²) in [5.74, 6) is 0.124. The number of carbonyl (C=O) groups is 1. The Balaban J connectivity index is 1.67. The van der Waals surface area contributed by atoms with Gasteiger partial charge in [0, 0.05) is 36.9 Å². The zero-order chi connectivity index (χ0) is 19.3. The summed E-state index contributed by atoms with van der Waals surface area (Å²) in [4.78, 5) is 24.8. The predicted octanol–water partition coefficient (Wildman–Crippen LogP) is 1.38. The van der Waals surface area contributed by atoms with E-state index in [2.05, 4.69) is 25.0 Å². The minimum Gasteiger partial charge on any atom is -0.348 e. The van der Waals surface area contributed by atoms with Gasteiger partial charge in [-0.3, -0.25) is 9.78 Å². The maximum absolute atomic E-state index is 12.3. The quantitative estimate of drug-likeness (QED) is 0.665. The molecule has 2 aromatic heterocycles. The van der Waals surface area contributed by atoms with E-state index in [1.54, 1.807) is 30.6 Å². The fourth-order valence-corrected chi connectivity index (χ4v) is 3.11. The van der Waals surface area contributed by atoms with E-state index < -0.39 is 10.0 Å². The first-order chi connectivity index (χ1) is 13.0. The summed E-state index contributed by atoms with van der Waals surface area (Å²) in [6.45, 7) is 0.177. The molecular weight excluding hydrogens is 366 g/mol. The molecule has 2 heterocycles. The molecular formula is C18H17N5O3S. The smallest absolute Gasteiger partial charge is 0.254 e. The summed E-state index contributed by atoms with van der Waals surface area (Å²) in [5.41, 5.74) is 1.72. The SMILES string of the molecule is CNS(=O)(=O)c1cccc(CNC(=O)c2cnc(-c3cccnc3)nc2)c1. The van der Waals surface area contributed by atoms with Crippen molar-refractivity contribution in [2.24, 2.45) is 0 Å². The lowest BCUT2D eigenvalue weighted by Crippen LogP contribution is -2.23. The number of sulfonamides is 1. The van der Waals surface area contributed by atoms with Crippen LogP contribution in [-0.4, -0.2) is 36.3 Å². The van der Waals surface area contributed by atoms with E-state index in [0.717, 1.165) is 5.56 Å². The van der Waals surface area contributed by atoms with Crippen LogP contribution < -0.4 is 10.0 Å². The molecule has 2 N–H and O–H groups in total. The van der Waals surface area contributed by atoms with Gasteiger partial charge in [-0.15, -0.1) is 0 Å². The minimum atomic E-state index is -3.53. The molecule has 0 aliphatic carbocycles. The van der Waals surface area contributed by atoms with Crippen molar-refractivity contribution in [1.29, 1.82) is 0 Å². The van der Waals surface area contributed by atoms with Crippen molar-refractivity contribution in [3.05, 3.63) is 72.3 Å². The topological polar surface area (TPSA) is 114 Å². The van der Waals surface area contributed by atoms with Crippen LogP contribution in [0.5, 0.6) is 0 Å². The number of aromatic nitrogens is 3. The summed E-state index contributed by atoms with van der Waals surface area (Å²) in [5, 5.41) is 2.72. The zero-order valence-electron chi connectivity index (χ0n) is 14.5. The van der Waals surface area contributed by atoms with Crippen LogP contribution in [0.15, 0.2) is 66.1 Å². The lowest BCUT2D eigenvalue weighted by Gasteiger charge is -2.08. The van der Waals surface area contributed by atoms with Gasteiger partial charge in [0.1, 0.15) is 0 Å². The van der Waals surface area contributed by atoms with E-state index in [4.69, 9.17) is 0 Å². The summed E-state index contributed by atoms with van der Waals surface area (Å²) < 4.78 is 25.9. The average molecular weight is 383 g/mol. The third-order valence-electron chi connectivity index (χ3n) is 3.76. The van der Waals surface area contributed by atoms with Crippen LogP contribution in [-0.2, 0) is 16.6 Å². The second-order valence-electron chi connectivity index (χ2n) is 5.57. The number of carbonyl (C=O) groups excluding carboxylic acids is 1. The first kappa shape index (κ1) is 18.6. The fourth-order valence-electron chi connectivity index (χ4n) is 2.31. The highest BCUT2D eigenvalue weighted by molar-refractivity contribution is 7.89. The highest BCUT2D eigenvalue weighted by atomic mass is 32.2. The van der Waals surface area contributed by atoms with Crippen molar-refractivity contribution in [2.45, 2.75) is 11.4 Å². The van der Waals surface area contributed by atoms with Gasteiger partial charge in [0.15, 0.2) is 5.82 Å². The predicted molar refractivity (Wildman–Crippen MR) is 99.1 cm³/mol. The number of pyridine rings is 1. The Morgan fingerprint density at radius 1 is 1.07 bits per heavy atom. The Labute approximate surface area is 156 Å². The number of hydrogen-bond donors (Lipinski definition) is 2. The summed E-state index contributed by atoms with van der Waals surface area (Å²) in [7, 11) is -2.18. The van der Waals surface area contributed by atoms with Crippen molar-refractivity contribution in [3.63, 3.8) is 0 Å². The number of nitrogens with one attached hydrogen (secondary N) is 2. The third kappa shape index (κ3) is 4.52. The van der Waals surface area contributed by atoms with Crippen LogP contribution in [0.25, 0.3) is 11.4 Å². The monoisotopic (exact) mass is 383 g/mol. The molecule has 1 aromatic carbocycles. The maximum Gasteiger partial charge on any atom is 0.254 e. The molecule has 0 aliphatic heterocycles. The van der Waals surface area contributed by atoms with E-state index in [1.165, 1.54) is 31.6 Å². The van der Waals surface area contributed by atoms with Crippen LogP contribution in [0.1, 0.15) is 15.9 Å². The number of rotatable bonds is 6. The highest BCUT2D eigenvalue weighted by Gasteiger charge is 2.12. The Morgan fingerprint density at radius 3 is 2.52 bits per heavy atom. The lowest BCUT2D eigenvalue weighted by atomic mass is 10.2. The summed E-state index contributed by atoms with van der Waals surface area (Å²) in [6.07, 6.45) is 6.17. The van der Waals surface area contributed by atoms with Gasteiger partial charge in [0.25, 0.3) is 5.91 Å². The molecule has 0 atom stereocenters. The molecule has 0 bridgehead atoms. The second-order valence-corrected chi connectivity index (χ2v) is 7.46. The molecule has 0 unspecified atom stereocenters. The average Bonchev–Trinajstić information content (AvgIpc) is 2.73. The molecule has 3 rings (SSSR count). The zero-order valence-corrected chi connectivity index (χ0v) is 15.3. The molecule has 0 spiro atoms. The van der Waals surface area contributed by atoms with Crippen LogP contribution in [0.4, 0.5) is 0 Å². The van der Waals surface area contributed by atoms with Crippen molar-refractivity contribution in [2.75, 3.05) is 7.05 Å². The van der Waals surface area contributed by atoms with Gasteiger partial charge in [-0.05, 0) is 36.9 Å². The van der Waals surface area contributed by atoms with Crippen molar-refractivity contribution < 1.29 is 13.2 Å². The molecule has 27 heavy (non-hydrogen) atoms. The standard InChI is InChI=1S/C18H17N5O3S/c1-19-27(25,26)16-6-2-4-13(8-16)9-23-18(24)15-11-21-17(22-12-15)14-5-3-7-20-10-14/h2-8,10-12,19H,9H2,1H3,(H,23,24). The van der Waals surface area contributed by atoms with E-state index in [-0.39, 0.29) is 17.3 Å². The first-order valence-corrected chi connectivity index (χ1v) is 9.51. The molecule has 3 aromatic rings. The fraction of sp³-hybridized carbons (Fsp3) is 0.111. The molecule has 1 amide bonds. The van der Waals surface area contributed by atoms with E-state index >= 15 is 0 Å². The van der Waals surface area contributed by atoms with Gasteiger partial charge in [-0.25, -0.2) is 23.1 Å². The summed E-state index contributed by atoms with van der Waals surface area (Å²) >= 11 is 0. The molecule has 138 valence electrons. The summed E-state index contributed by atoms with van der Waals surface area (Å²) in [6, 6.07) is 9.96. The molecule has 0 fully saturated rings. The van der Waals surface area contributed by atoms with Crippen LogP contribution in [0.2, 0.25) is 0 Å². The second kappa shape index (κ2) is 8.02. The minimum absolute atomic E-state index is 0.140. The lowest BCUT2D eigenvalue weighted by molar-refractivity contribution is 0.0950. The molecule has 0 saturated carbocycles. The third-order valence-corrected chi connectivity index (χ3v) is 5.18. The van der Waals surface area contributed by atoms with Gasteiger partial charge in [-0.1, -0.05) is 12.1 Å². The van der Waals surface area contributed by atoms with Crippen molar-refractivity contribution in [1.82, 2.24) is 25.0 Å². The van der Waals surface area contributed by atoms with Crippen molar-refractivity contribution in [3.8, 4) is 11.4 Å². The van der Waals surface area contributed by atoms with Crippen LogP contribution >= 0.6 is 0 Å². The van der Waals surface area contributed by atoms with E-state index in [1.807, 2.05) is 6.07 Å². The van der Waals surface area contributed by atoms with E-state index in [9.17, 15) is 13.2 Å². The normalized spacial score (nSPS) is 11.1. The number of amides is 1. The number of nitrogens with zero attached hydrogens (tertiary/aromatic N) is 3. The van der Waals surface area contributed by atoms with Gasteiger partial charge in [-0.2, -0.15) is 0 Å². The Bertz CT molecular complexity index is 1040. The van der Waals surface area contributed by atoms with Gasteiger partial charge < -0.3 is 5.32 Å². The van der Waals surface area contributed by atoms with Gasteiger partial charge >= 0.3 is 0 Å². The van der Waals surface area contributed by atoms with Crippen LogP contribution in [0.3, 0.4) is 0 Å². The van der Waals surface area contributed by atoms with Gasteiger partial charge in [0.2, 0.25) is 10.0 Å². The van der Waals surface area contributed by atoms with Crippen LogP contribution in [0, 0.1) is 0 Å². The number of hydrogen-bond acceptors (Lipinski definition) is 6. The Morgan fingerprint density at radius 2 is 1.85 bits per heavy atom. The molecule has 8 nitrogen and oxygen atoms in total. The van der Waals surface area contributed by atoms with Gasteiger partial charge in [0.05, 0.1) is 10.5 Å². The number of benzene rings is 1. The Kier molecular flexibility index (Phi) is 5.53. The highest BCUT2D eigenvalue weighted by Crippen LogP contribution is 2.13. The Hall–Kier alpha value is -3.17. The largest absolute Gasteiger partial charge is 0.348 e. The maximum atomic E-state index is 12.3.